The fourth-order valence-corrected chi connectivity index (χ4v) is 5.09. The fraction of sp³-hybridized carbons (Fsp3) is 0.480. The molecule has 4 rings (SSSR count). The van der Waals surface area contributed by atoms with Gasteiger partial charge in [0.1, 0.15) is 6.61 Å². The summed E-state index contributed by atoms with van der Waals surface area (Å²) in [6, 6.07) is 3.59. The maximum absolute atomic E-state index is 13.3. The molecular weight excluding hydrogens is 434 g/mol. The van der Waals surface area contributed by atoms with Crippen molar-refractivity contribution >= 4 is 29.3 Å². The van der Waals surface area contributed by atoms with E-state index in [0.717, 1.165) is 48.2 Å². The van der Waals surface area contributed by atoms with Crippen LogP contribution in [0.5, 0.6) is 5.88 Å². The lowest BCUT2D eigenvalue weighted by Crippen LogP contribution is -2.30. The number of nitrogen functional groups attached to an aromatic ring is 1. The number of nitrogens with two attached hydrogens (primary N) is 2. The third kappa shape index (κ3) is 5.25. The molecule has 9 heteroatoms. The number of Topliss-reactive ketones (excluding diaryl/α,β-unsaturated/α-hetero) is 1. The van der Waals surface area contributed by atoms with Crippen LogP contribution in [0.25, 0.3) is 11.6 Å². The van der Waals surface area contributed by atoms with Crippen molar-refractivity contribution in [3.8, 4) is 5.88 Å². The van der Waals surface area contributed by atoms with E-state index in [9.17, 15) is 9.59 Å². The summed E-state index contributed by atoms with van der Waals surface area (Å²) in [5.41, 5.74) is 15.1. The lowest BCUT2D eigenvalue weighted by Gasteiger charge is -2.35. The van der Waals surface area contributed by atoms with Gasteiger partial charge in [-0.05, 0) is 57.1 Å². The van der Waals surface area contributed by atoms with Gasteiger partial charge in [0, 0.05) is 41.3 Å². The van der Waals surface area contributed by atoms with Crippen molar-refractivity contribution in [2.75, 3.05) is 19.5 Å². The van der Waals surface area contributed by atoms with Crippen molar-refractivity contribution in [3.05, 3.63) is 40.8 Å². The van der Waals surface area contributed by atoms with Gasteiger partial charge >= 0.3 is 0 Å². The van der Waals surface area contributed by atoms with E-state index in [-0.39, 0.29) is 30.4 Å². The molecular formula is C25H31N5O4. The number of rotatable bonds is 6. The Morgan fingerprint density at radius 1 is 1.15 bits per heavy atom. The molecule has 34 heavy (non-hydrogen) atoms. The van der Waals surface area contributed by atoms with E-state index < -0.39 is 5.91 Å². The molecule has 9 nitrogen and oxygen atoms in total. The Hall–Kier alpha value is -3.33. The second-order valence-corrected chi connectivity index (χ2v) is 9.00. The first kappa shape index (κ1) is 23.8. The van der Waals surface area contributed by atoms with Gasteiger partial charge in [-0.15, -0.1) is 0 Å². The van der Waals surface area contributed by atoms with E-state index in [1.54, 1.807) is 19.4 Å². The Morgan fingerprint density at radius 3 is 2.56 bits per heavy atom. The summed E-state index contributed by atoms with van der Waals surface area (Å²) >= 11 is 0. The van der Waals surface area contributed by atoms with Gasteiger partial charge in [-0.2, -0.15) is 0 Å². The molecule has 1 amide bonds. The molecule has 2 aliphatic carbocycles. The summed E-state index contributed by atoms with van der Waals surface area (Å²) in [4.78, 5) is 37.6. The number of primary amides is 1. The van der Waals surface area contributed by atoms with Crippen LogP contribution in [0.15, 0.2) is 18.3 Å². The Labute approximate surface area is 199 Å². The van der Waals surface area contributed by atoms with E-state index in [1.165, 1.54) is 0 Å². The lowest BCUT2D eigenvalue weighted by molar-refractivity contribution is -0.125. The topological polar surface area (TPSA) is 143 Å². The number of fused-ring (bicyclic) bond motifs is 1. The summed E-state index contributed by atoms with van der Waals surface area (Å²) in [6.45, 7) is 1.85. The average Bonchev–Trinajstić information content (AvgIpc) is 2.82. The molecule has 1 saturated carbocycles. The smallest absolute Gasteiger partial charge is 0.243 e. The predicted molar refractivity (Wildman–Crippen MR) is 128 cm³/mol. The van der Waals surface area contributed by atoms with Gasteiger partial charge in [0.05, 0.1) is 24.6 Å². The number of pyridine rings is 1. The molecule has 0 aliphatic heterocycles. The second-order valence-electron chi connectivity index (χ2n) is 9.00. The Bertz CT molecular complexity index is 1090. The van der Waals surface area contributed by atoms with Crippen LogP contribution >= 0.6 is 0 Å². The van der Waals surface area contributed by atoms with Crippen LogP contribution in [0.3, 0.4) is 0 Å². The summed E-state index contributed by atoms with van der Waals surface area (Å²) in [5.74, 6) is 0.779. The maximum Gasteiger partial charge on any atom is 0.243 e. The second kappa shape index (κ2) is 10.3. The first-order valence-electron chi connectivity index (χ1n) is 11.6. The van der Waals surface area contributed by atoms with E-state index >= 15 is 0 Å². The number of carbonyl (C=O) groups excluding carboxylic acids is 2. The fourth-order valence-electron chi connectivity index (χ4n) is 5.09. The summed E-state index contributed by atoms with van der Waals surface area (Å²) in [6.07, 6.45) is 8.19. The molecule has 1 unspecified atom stereocenters. The zero-order valence-corrected chi connectivity index (χ0v) is 19.6. The summed E-state index contributed by atoms with van der Waals surface area (Å²) in [5, 5.41) is 0. The van der Waals surface area contributed by atoms with Crippen molar-refractivity contribution in [1.29, 1.82) is 0 Å². The van der Waals surface area contributed by atoms with Crippen LogP contribution in [0.2, 0.25) is 0 Å². The zero-order valence-electron chi connectivity index (χ0n) is 19.6. The van der Waals surface area contributed by atoms with Crippen LogP contribution < -0.4 is 16.2 Å². The monoisotopic (exact) mass is 465 g/mol. The summed E-state index contributed by atoms with van der Waals surface area (Å²) < 4.78 is 10.8. The number of nitrogens with zero attached hydrogens (tertiary/aromatic N) is 3. The van der Waals surface area contributed by atoms with Crippen LogP contribution in [-0.4, -0.2) is 46.5 Å². The molecule has 0 radical (unpaired) electrons. The van der Waals surface area contributed by atoms with Crippen LogP contribution in [0.4, 0.5) is 5.95 Å². The molecule has 0 spiro atoms. The number of carbonyl (C=O) groups is 2. The molecule has 180 valence electrons. The van der Waals surface area contributed by atoms with Gasteiger partial charge in [-0.3, -0.25) is 9.59 Å². The number of ether oxygens (including phenoxy) is 2. The number of ketones is 1. The highest BCUT2D eigenvalue weighted by Gasteiger charge is 2.34. The largest absolute Gasteiger partial charge is 0.481 e. The van der Waals surface area contributed by atoms with Gasteiger partial charge in [0.25, 0.3) is 0 Å². The number of methoxy groups -OCH3 is 1. The van der Waals surface area contributed by atoms with Crippen molar-refractivity contribution in [2.24, 2.45) is 11.7 Å². The first-order chi connectivity index (χ1) is 16.4. The third-order valence-electron chi connectivity index (χ3n) is 6.81. The van der Waals surface area contributed by atoms with Crippen LogP contribution in [0.1, 0.15) is 67.0 Å². The lowest BCUT2D eigenvalue weighted by atomic mass is 9.73. The Morgan fingerprint density at radius 2 is 1.91 bits per heavy atom. The molecule has 2 aliphatic rings. The standard InChI is InChI=1S/C25H31N5O4/c1-14-19-11-20(16-5-10-23(33-2)28-12-16)21(31)9-8-18(24(19)30-25(27)29-14)15-3-6-17(7-4-15)34-13-22(26)32/h5,10-12,15,17-18H,3-4,6-9,13H2,1-2H3,(H2,26,32)(H2,27,29,30)/b20-11-. The van der Waals surface area contributed by atoms with Crippen LogP contribution in [0, 0.1) is 12.8 Å². The number of amides is 1. The Balaban J connectivity index is 1.66. The molecule has 1 fully saturated rings. The van der Waals surface area contributed by atoms with Gasteiger partial charge in [-0.1, -0.05) is 0 Å². The van der Waals surface area contributed by atoms with E-state index in [0.29, 0.717) is 30.2 Å². The van der Waals surface area contributed by atoms with Gasteiger partial charge in [-0.25, -0.2) is 15.0 Å². The van der Waals surface area contributed by atoms with Crippen molar-refractivity contribution in [3.63, 3.8) is 0 Å². The highest BCUT2D eigenvalue weighted by Crippen LogP contribution is 2.43. The minimum absolute atomic E-state index is 0.0321. The van der Waals surface area contributed by atoms with E-state index in [1.807, 2.05) is 19.1 Å². The third-order valence-corrected chi connectivity index (χ3v) is 6.81. The van der Waals surface area contributed by atoms with E-state index in [2.05, 4.69) is 15.0 Å². The molecule has 0 aromatic carbocycles. The molecule has 0 bridgehead atoms. The number of aromatic nitrogens is 3. The highest BCUT2D eigenvalue weighted by atomic mass is 16.5. The number of aryl methyl sites for hydroxylation is 1. The Kier molecular flexibility index (Phi) is 7.21. The predicted octanol–water partition coefficient (Wildman–Crippen LogP) is 2.82. The molecule has 2 aromatic heterocycles. The van der Waals surface area contributed by atoms with Crippen molar-refractivity contribution in [1.82, 2.24) is 15.0 Å². The SMILES string of the molecule is COc1ccc(/C2=C/c3c(C)nc(N)nc3C(C3CCC(OCC(N)=O)CC3)CCC2=O)cn1. The molecule has 0 saturated heterocycles. The van der Waals surface area contributed by atoms with Gasteiger partial charge in [0.15, 0.2) is 5.78 Å². The number of hydrogen-bond donors (Lipinski definition) is 2. The molecule has 2 heterocycles. The minimum Gasteiger partial charge on any atom is -0.481 e. The van der Waals surface area contributed by atoms with Crippen molar-refractivity contribution in [2.45, 2.75) is 57.5 Å². The minimum atomic E-state index is -0.452. The van der Waals surface area contributed by atoms with E-state index in [4.69, 9.17) is 20.9 Å². The first-order valence-corrected chi connectivity index (χ1v) is 11.6. The molecule has 1 atom stereocenters. The molecule has 2 aromatic rings. The quantitative estimate of drug-likeness (QED) is 0.663. The van der Waals surface area contributed by atoms with Gasteiger partial charge < -0.3 is 20.9 Å². The summed E-state index contributed by atoms with van der Waals surface area (Å²) in [7, 11) is 1.56. The zero-order chi connectivity index (χ0) is 24.2. The highest BCUT2D eigenvalue weighted by molar-refractivity contribution is 6.25. The number of allylic oxidation sites excluding steroid dienone is 1. The normalized spacial score (nSPS) is 24.4. The van der Waals surface area contributed by atoms with Gasteiger partial charge in [0.2, 0.25) is 17.7 Å². The number of hydrogen-bond acceptors (Lipinski definition) is 8. The molecule has 4 N–H and O–H groups in total. The van der Waals surface area contributed by atoms with Crippen molar-refractivity contribution < 1.29 is 19.1 Å². The number of anilines is 1. The van der Waals surface area contributed by atoms with Crippen LogP contribution in [-0.2, 0) is 14.3 Å². The average molecular weight is 466 g/mol. The maximum atomic E-state index is 13.3.